The molecule has 0 fully saturated rings. The Kier molecular flexibility index (Phi) is 6.38. The van der Waals surface area contributed by atoms with Crippen molar-refractivity contribution >= 4 is 71.3 Å². The van der Waals surface area contributed by atoms with Gasteiger partial charge in [0, 0.05) is 27.9 Å². The van der Waals surface area contributed by atoms with Crippen LogP contribution in [0.25, 0.3) is 22.0 Å². The van der Waals surface area contributed by atoms with Gasteiger partial charge in [-0.1, -0.05) is 35.3 Å². The molecule has 34 heavy (non-hydrogen) atoms. The summed E-state index contributed by atoms with van der Waals surface area (Å²) in [5, 5.41) is 4.16. The van der Waals surface area contributed by atoms with E-state index in [1.807, 2.05) is 6.07 Å². The van der Waals surface area contributed by atoms with Crippen molar-refractivity contribution in [1.29, 1.82) is 0 Å². The van der Waals surface area contributed by atoms with Gasteiger partial charge < -0.3 is 5.32 Å². The van der Waals surface area contributed by atoms with E-state index in [0.717, 1.165) is 18.2 Å². The smallest absolute Gasteiger partial charge is 0.245 e. The first kappa shape index (κ1) is 24.1. The lowest BCUT2D eigenvalue weighted by molar-refractivity contribution is 0.590. The van der Waals surface area contributed by atoms with Gasteiger partial charge >= 0.3 is 0 Å². The molecule has 0 bridgehead atoms. The van der Waals surface area contributed by atoms with Crippen LogP contribution >= 0.6 is 23.2 Å². The Bertz CT molecular complexity index is 1600. The van der Waals surface area contributed by atoms with E-state index in [9.17, 15) is 16.8 Å². The lowest BCUT2D eigenvalue weighted by Gasteiger charge is -2.21. The first-order chi connectivity index (χ1) is 15.9. The maximum Gasteiger partial charge on any atom is 0.245 e. The highest BCUT2D eigenvalue weighted by atomic mass is 35.5. The van der Waals surface area contributed by atoms with Gasteiger partial charge in [0.05, 0.1) is 18.0 Å². The second-order valence-corrected chi connectivity index (χ2v) is 12.0. The first-order valence-electron chi connectivity index (χ1n) is 9.57. The molecular weight excluding hydrogens is 521 g/mol. The minimum atomic E-state index is -4.20. The molecular formula is C21H17Cl2N5O4S2. The van der Waals surface area contributed by atoms with E-state index < -0.39 is 20.0 Å². The van der Waals surface area contributed by atoms with E-state index in [1.54, 1.807) is 36.4 Å². The number of benzene rings is 2. The minimum Gasteiger partial charge on any atom is -0.340 e. The summed E-state index contributed by atoms with van der Waals surface area (Å²) in [6.07, 6.45) is 4.40. The summed E-state index contributed by atoms with van der Waals surface area (Å²) in [6.45, 7) is 0. The maximum atomic E-state index is 12.2. The van der Waals surface area contributed by atoms with E-state index in [0.29, 0.717) is 32.9 Å². The number of fused-ring (bicyclic) bond motifs is 1. The van der Waals surface area contributed by atoms with Crippen LogP contribution in [0, 0.1) is 0 Å². The van der Waals surface area contributed by atoms with Crippen LogP contribution in [0.15, 0.2) is 61.1 Å². The molecule has 0 saturated carbocycles. The van der Waals surface area contributed by atoms with Crippen molar-refractivity contribution in [2.45, 2.75) is 0 Å². The van der Waals surface area contributed by atoms with E-state index in [4.69, 9.17) is 23.2 Å². The normalized spacial score (nSPS) is 12.0. The van der Waals surface area contributed by atoms with Crippen LogP contribution in [-0.2, 0) is 20.0 Å². The number of rotatable bonds is 6. The molecule has 1 N–H and O–H groups in total. The molecule has 2 aromatic heterocycles. The van der Waals surface area contributed by atoms with Gasteiger partial charge in [0.1, 0.15) is 17.8 Å². The average molecular weight is 538 g/mol. The lowest BCUT2D eigenvalue weighted by Crippen LogP contribution is -2.35. The highest BCUT2D eigenvalue weighted by molar-refractivity contribution is 8.09. The van der Waals surface area contributed by atoms with E-state index in [2.05, 4.69) is 20.3 Å². The number of nitrogens with zero attached hydrogens (tertiary/aromatic N) is 4. The molecule has 2 heterocycles. The summed E-state index contributed by atoms with van der Waals surface area (Å²) in [4.78, 5) is 12.6. The van der Waals surface area contributed by atoms with Crippen LogP contribution in [0.4, 0.5) is 17.2 Å². The van der Waals surface area contributed by atoms with Gasteiger partial charge in [-0.15, -0.1) is 0 Å². The Labute approximate surface area is 206 Å². The zero-order chi connectivity index (χ0) is 24.7. The molecule has 0 atom stereocenters. The Hall–Kier alpha value is -2.99. The third-order valence-electron chi connectivity index (χ3n) is 4.68. The second-order valence-electron chi connectivity index (χ2n) is 7.35. The molecule has 0 unspecified atom stereocenters. The quantitative estimate of drug-likeness (QED) is 0.357. The van der Waals surface area contributed by atoms with Crippen LogP contribution in [0.5, 0.6) is 0 Å². The van der Waals surface area contributed by atoms with Gasteiger partial charge in [0.15, 0.2) is 5.15 Å². The molecule has 0 radical (unpaired) electrons. The molecule has 9 nitrogen and oxygen atoms in total. The number of anilines is 3. The Morgan fingerprint density at radius 1 is 0.853 bits per heavy atom. The fourth-order valence-corrected chi connectivity index (χ4v) is 6.80. The SMILES string of the molecule is CS(=O)(=O)N(c1cc(-c2ccc3ncnc(Nc4cccc(Cl)c4)c3c2)cnc1Cl)S(C)(=O)=O. The monoisotopic (exact) mass is 537 g/mol. The number of sulfonamides is 2. The first-order valence-corrected chi connectivity index (χ1v) is 14.0. The van der Waals surface area contributed by atoms with Crippen LogP contribution in [-0.4, -0.2) is 44.3 Å². The zero-order valence-corrected chi connectivity index (χ0v) is 20.9. The van der Waals surface area contributed by atoms with Crippen molar-refractivity contribution in [1.82, 2.24) is 15.0 Å². The Balaban J connectivity index is 1.84. The summed E-state index contributed by atoms with van der Waals surface area (Å²) >= 11 is 12.2. The highest BCUT2D eigenvalue weighted by Crippen LogP contribution is 2.34. The fraction of sp³-hybridized carbons (Fsp3) is 0.0952. The third kappa shape index (κ3) is 5.07. The van der Waals surface area contributed by atoms with Crippen molar-refractivity contribution in [3.05, 3.63) is 71.2 Å². The Morgan fingerprint density at radius 3 is 2.26 bits per heavy atom. The van der Waals surface area contributed by atoms with Gasteiger partial charge in [-0.05, 0) is 42.0 Å². The number of hydrogen-bond acceptors (Lipinski definition) is 8. The standard InChI is InChI=1S/C21H17Cl2N5O4S2/c1-33(29,30)28(34(2,31)32)19-9-14(11-24-20(19)23)13-6-7-18-17(8-13)21(26-12-25-18)27-16-5-3-4-15(22)10-16/h3-12H,1-2H3,(H,25,26,27). The molecule has 2 aromatic carbocycles. The molecule has 0 spiro atoms. The Morgan fingerprint density at radius 2 is 1.59 bits per heavy atom. The van der Waals surface area contributed by atoms with Crippen molar-refractivity contribution in [3.8, 4) is 11.1 Å². The zero-order valence-electron chi connectivity index (χ0n) is 17.8. The summed E-state index contributed by atoms with van der Waals surface area (Å²) in [5.41, 5.74) is 2.16. The van der Waals surface area contributed by atoms with Gasteiger partial charge in [-0.25, -0.2) is 31.8 Å². The number of pyridine rings is 1. The number of aromatic nitrogens is 3. The molecule has 13 heteroatoms. The largest absolute Gasteiger partial charge is 0.340 e. The second kappa shape index (κ2) is 8.99. The molecule has 0 saturated heterocycles. The number of hydrogen-bond donors (Lipinski definition) is 1. The highest BCUT2D eigenvalue weighted by Gasteiger charge is 2.30. The third-order valence-corrected chi connectivity index (χ3v) is 8.43. The van der Waals surface area contributed by atoms with E-state index >= 15 is 0 Å². The van der Waals surface area contributed by atoms with Crippen LogP contribution < -0.4 is 9.03 Å². The van der Waals surface area contributed by atoms with Gasteiger partial charge in [-0.3, -0.25) is 0 Å². The fourth-order valence-electron chi connectivity index (χ4n) is 3.36. The van der Waals surface area contributed by atoms with Crippen molar-refractivity contribution in [3.63, 3.8) is 0 Å². The van der Waals surface area contributed by atoms with Crippen molar-refractivity contribution in [2.24, 2.45) is 0 Å². The summed E-state index contributed by atoms with van der Waals surface area (Å²) in [6, 6.07) is 13.8. The predicted octanol–water partition coefficient (Wildman–Crippen LogP) is 4.47. The summed E-state index contributed by atoms with van der Waals surface area (Å²) in [5.74, 6) is 0.519. The predicted molar refractivity (Wildman–Crippen MR) is 135 cm³/mol. The maximum absolute atomic E-state index is 12.2. The summed E-state index contributed by atoms with van der Waals surface area (Å²) < 4.78 is 49.1. The van der Waals surface area contributed by atoms with Gasteiger partial charge in [-0.2, -0.15) is 3.71 Å². The molecule has 0 aliphatic carbocycles. The molecule has 4 rings (SSSR count). The van der Waals surface area contributed by atoms with Crippen LogP contribution in [0.3, 0.4) is 0 Å². The van der Waals surface area contributed by atoms with E-state index in [1.165, 1.54) is 18.6 Å². The number of halogens is 2. The van der Waals surface area contributed by atoms with Crippen LogP contribution in [0.2, 0.25) is 10.2 Å². The molecule has 4 aromatic rings. The summed E-state index contributed by atoms with van der Waals surface area (Å²) in [7, 11) is -8.39. The minimum absolute atomic E-state index is 0.259. The lowest BCUT2D eigenvalue weighted by atomic mass is 10.0. The van der Waals surface area contributed by atoms with Crippen molar-refractivity contribution < 1.29 is 16.8 Å². The molecule has 0 aliphatic heterocycles. The molecule has 0 amide bonds. The molecule has 0 aliphatic rings. The number of nitrogens with one attached hydrogen (secondary N) is 1. The van der Waals surface area contributed by atoms with Gasteiger partial charge in [0.25, 0.3) is 0 Å². The average Bonchev–Trinajstić information content (AvgIpc) is 2.73. The van der Waals surface area contributed by atoms with Crippen LogP contribution in [0.1, 0.15) is 0 Å². The van der Waals surface area contributed by atoms with Gasteiger partial charge in [0.2, 0.25) is 20.0 Å². The van der Waals surface area contributed by atoms with E-state index in [-0.39, 0.29) is 14.6 Å². The van der Waals surface area contributed by atoms with Crippen molar-refractivity contribution in [2.75, 3.05) is 21.5 Å². The molecule has 176 valence electrons. The topological polar surface area (TPSA) is 122 Å².